The van der Waals surface area contributed by atoms with E-state index in [4.69, 9.17) is 16.2 Å². The molecule has 6 nitrogen and oxygen atoms in total. The van der Waals surface area contributed by atoms with E-state index in [-0.39, 0.29) is 5.69 Å². The van der Waals surface area contributed by atoms with Crippen LogP contribution in [0.5, 0.6) is 5.75 Å². The fraction of sp³-hybridized carbons (Fsp3) is 0.143. The van der Waals surface area contributed by atoms with Crippen LogP contribution in [-0.2, 0) is 6.54 Å². The van der Waals surface area contributed by atoms with Crippen LogP contribution in [0.2, 0.25) is 0 Å². The molecule has 0 atom stereocenters. The largest absolute Gasteiger partial charge is 0.497 e. The molecule has 104 valence electrons. The number of benzene rings is 1. The summed E-state index contributed by atoms with van der Waals surface area (Å²) in [5.41, 5.74) is 12.7. The maximum Gasteiger partial charge on any atom is 0.267 e. The molecule has 0 unspecified atom stereocenters. The van der Waals surface area contributed by atoms with Gasteiger partial charge in [0.15, 0.2) is 0 Å². The third-order valence-electron chi connectivity index (χ3n) is 2.80. The highest BCUT2D eigenvalue weighted by atomic mass is 16.5. The second-order valence-electron chi connectivity index (χ2n) is 4.20. The van der Waals surface area contributed by atoms with Crippen LogP contribution in [0.3, 0.4) is 0 Å². The molecule has 20 heavy (non-hydrogen) atoms. The summed E-state index contributed by atoms with van der Waals surface area (Å²) in [5, 5.41) is 3.08. The highest BCUT2D eigenvalue weighted by Gasteiger charge is 2.07. The number of primary amides is 1. The molecule has 1 amide bonds. The van der Waals surface area contributed by atoms with Gasteiger partial charge in [0.05, 0.1) is 12.8 Å². The number of pyridine rings is 1. The first-order valence-corrected chi connectivity index (χ1v) is 6.03. The van der Waals surface area contributed by atoms with Gasteiger partial charge >= 0.3 is 0 Å². The molecule has 0 aliphatic heterocycles. The van der Waals surface area contributed by atoms with Gasteiger partial charge in [0.1, 0.15) is 17.3 Å². The van der Waals surface area contributed by atoms with Gasteiger partial charge in [-0.05, 0) is 29.8 Å². The second-order valence-corrected chi connectivity index (χ2v) is 4.20. The number of anilines is 2. The smallest absolute Gasteiger partial charge is 0.267 e. The quantitative estimate of drug-likeness (QED) is 0.763. The predicted octanol–water partition coefficient (Wildman–Crippen LogP) is 1.38. The van der Waals surface area contributed by atoms with Gasteiger partial charge in [0, 0.05) is 6.54 Å². The van der Waals surface area contributed by atoms with Crippen molar-refractivity contribution in [2.24, 2.45) is 5.73 Å². The Morgan fingerprint density at radius 1 is 1.25 bits per heavy atom. The maximum atomic E-state index is 11.1. The van der Waals surface area contributed by atoms with Gasteiger partial charge in [-0.15, -0.1) is 0 Å². The van der Waals surface area contributed by atoms with Crippen LogP contribution in [-0.4, -0.2) is 18.0 Å². The van der Waals surface area contributed by atoms with Crippen LogP contribution < -0.4 is 21.5 Å². The summed E-state index contributed by atoms with van der Waals surface area (Å²) in [7, 11) is 1.62. The Morgan fingerprint density at radius 3 is 2.55 bits per heavy atom. The highest BCUT2D eigenvalue weighted by molar-refractivity contribution is 5.91. The van der Waals surface area contributed by atoms with E-state index in [2.05, 4.69) is 10.3 Å². The van der Waals surface area contributed by atoms with Gasteiger partial charge in [0.25, 0.3) is 5.91 Å². The molecule has 5 N–H and O–H groups in total. The standard InChI is InChI=1S/C14H16N4O2/c1-20-10-4-2-9(3-5-10)8-17-14-11(15)6-7-12(18-14)13(16)19/h2-7H,8,15H2,1H3,(H2,16,19)(H,17,18). The minimum atomic E-state index is -0.586. The van der Waals surface area contributed by atoms with E-state index in [1.807, 2.05) is 24.3 Å². The van der Waals surface area contributed by atoms with Crippen molar-refractivity contribution < 1.29 is 9.53 Å². The molecule has 0 fully saturated rings. The zero-order valence-corrected chi connectivity index (χ0v) is 11.1. The van der Waals surface area contributed by atoms with Gasteiger partial charge in [-0.2, -0.15) is 0 Å². The van der Waals surface area contributed by atoms with E-state index in [9.17, 15) is 4.79 Å². The lowest BCUT2D eigenvalue weighted by molar-refractivity contribution is 0.0996. The molecule has 0 aliphatic carbocycles. The van der Waals surface area contributed by atoms with E-state index in [0.717, 1.165) is 11.3 Å². The maximum absolute atomic E-state index is 11.1. The van der Waals surface area contributed by atoms with E-state index >= 15 is 0 Å². The molecule has 0 radical (unpaired) electrons. The number of aromatic nitrogens is 1. The van der Waals surface area contributed by atoms with Gasteiger partial charge in [-0.3, -0.25) is 4.79 Å². The Morgan fingerprint density at radius 2 is 1.95 bits per heavy atom. The number of carbonyl (C=O) groups is 1. The number of ether oxygens (including phenoxy) is 1. The second kappa shape index (κ2) is 5.92. The molecule has 2 rings (SSSR count). The number of nitrogens with zero attached hydrogens (tertiary/aromatic N) is 1. The van der Waals surface area contributed by atoms with Gasteiger partial charge in [0.2, 0.25) is 0 Å². The predicted molar refractivity (Wildman–Crippen MR) is 77.5 cm³/mol. The summed E-state index contributed by atoms with van der Waals surface area (Å²) in [4.78, 5) is 15.2. The van der Waals surface area contributed by atoms with E-state index in [0.29, 0.717) is 18.1 Å². The molecular weight excluding hydrogens is 256 g/mol. The minimum Gasteiger partial charge on any atom is -0.497 e. The molecule has 1 aromatic carbocycles. The van der Waals surface area contributed by atoms with Crippen molar-refractivity contribution in [3.63, 3.8) is 0 Å². The summed E-state index contributed by atoms with van der Waals surface area (Å²) in [5.74, 6) is 0.650. The van der Waals surface area contributed by atoms with Gasteiger partial charge in [-0.1, -0.05) is 12.1 Å². The average Bonchev–Trinajstić information content (AvgIpc) is 2.46. The van der Waals surface area contributed by atoms with Crippen LogP contribution >= 0.6 is 0 Å². The molecular formula is C14H16N4O2. The lowest BCUT2D eigenvalue weighted by Crippen LogP contribution is -2.15. The summed E-state index contributed by atoms with van der Waals surface area (Å²) in [6.45, 7) is 0.531. The van der Waals surface area contributed by atoms with Crippen molar-refractivity contribution in [2.75, 3.05) is 18.2 Å². The van der Waals surface area contributed by atoms with E-state index in [1.54, 1.807) is 13.2 Å². The summed E-state index contributed by atoms with van der Waals surface area (Å²) in [6, 6.07) is 10.7. The Labute approximate surface area is 116 Å². The molecule has 0 spiro atoms. The monoisotopic (exact) mass is 272 g/mol. The van der Waals surface area contributed by atoms with Gasteiger partial charge in [-0.25, -0.2) is 4.98 Å². The molecule has 1 aromatic heterocycles. The number of carbonyl (C=O) groups excluding carboxylic acids is 1. The van der Waals surface area contributed by atoms with Crippen LogP contribution in [0, 0.1) is 0 Å². The Bertz CT molecular complexity index is 611. The number of hydrogen-bond acceptors (Lipinski definition) is 5. The van der Waals surface area contributed by atoms with Crippen LogP contribution in [0.4, 0.5) is 11.5 Å². The molecule has 2 aromatic rings. The number of nitrogens with two attached hydrogens (primary N) is 2. The summed E-state index contributed by atoms with van der Waals surface area (Å²) < 4.78 is 5.09. The molecule has 0 saturated heterocycles. The Balaban J connectivity index is 2.09. The number of rotatable bonds is 5. The molecule has 6 heteroatoms. The van der Waals surface area contributed by atoms with Crippen LogP contribution in [0.15, 0.2) is 36.4 Å². The highest BCUT2D eigenvalue weighted by Crippen LogP contribution is 2.17. The van der Waals surface area contributed by atoms with Crippen LogP contribution in [0.25, 0.3) is 0 Å². The Kier molecular flexibility index (Phi) is 4.05. The number of methoxy groups -OCH3 is 1. The van der Waals surface area contributed by atoms with Crippen molar-refractivity contribution in [1.29, 1.82) is 0 Å². The number of nitrogens with one attached hydrogen (secondary N) is 1. The number of hydrogen-bond donors (Lipinski definition) is 3. The van der Waals surface area contributed by atoms with Crippen molar-refractivity contribution in [3.05, 3.63) is 47.7 Å². The van der Waals surface area contributed by atoms with Crippen molar-refractivity contribution in [1.82, 2.24) is 4.98 Å². The first-order valence-electron chi connectivity index (χ1n) is 6.03. The van der Waals surface area contributed by atoms with E-state index < -0.39 is 5.91 Å². The van der Waals surface area contributed by atoms with E-state index in [1.165, 1.54) is 6.07 Å². The van der Waals surface area contributed by atoms with Crippen molar-refractivity contribution >= 4 is 17.4 Å². The number of nitrogen functional groups attached to an aromatic ring is 1. The van der Waals surface area contributed by atoms with Crippen molar-refractivity contribution in [2.45, 2.75) is 6.54 Å². The fourth-order valence-electron chi connectivity index (χ4n) is 1.68. The molecule has 0 bridgehead atoms. The summed E-state index contributed by atoms with van der Waals surface area (Å²) in [6.07, 6.45) is 0. The molecule has 1 heterocycles. The number of amides is 1. The first kappa shape index (κ1) is 13.7. The zero-order valence-electron chi connectivity index (χ0n) is 11.1. The third-order valence-corrected chi connectivity index (χ3v) is 2.80. The molecule has 0 aliphatic rings. The minimum absolute atomic E-state index is 0.177. The summed E-state index contributed by atoms with van der Waals surface area (Å²) >= 11 is 0. The van der Waals surface area contributed by atoms with Gasteiger partial charge < -0.3 is 21.5 Å². The molecule has 0 saturated carbocycles. The lowest BCUT2D eigenvalue weighted by atomic mass is 10.2. The lowest BCUT2D eigenvalue weighted by Gasteiger charge is -2.09. The zero-order chi connectivity index (χ0) is 14.5. The first-order chi connectivity index (χ1) is 9.60. The topological polar surface area (TPSA) is 103 Å². The fourth-order valence-corrected chi connectivity index (χ4v) is 1.68. The normalized spacial score (nSPS) is 10.1. The average molecular weight is 272 g/mol. The SMILES string of the molecule is COc1ccc(CNc2nc(C(N)=O)ccc2N)cc1. The van der Waals surface area contributed by atoms with Crippen molar-refractivity contribution in [3.8, 4) is 5.75 Å². The third kappa shape index (κ3) is 3.17. The Hall–Kier alpha value is -2.76. The van der Waals surface area contributed by atoms with Crippen LogP contribution in [0.1, 0.15) is 16.1 Å².